The van der Waals surface area contributed by atoms with Crippen molar-refractivity contribution in [3.8, 4) is 17.7 Å². The van der Waals surface area contributed by atoms with Gasteiger partial charge in [0, 0.05) is 0 Å². The topological polar surface area (TPSA) is 61.0 Å². The summed E-state index contributed by atoms with van der Waals surface area (Å²) in [7, 11) is 1.49. The van der Waals surface area contributed by atoms with E-state index in [4.69, 9.17) is 22.1 Å². The molecule has 2 N–H and O–H groups in total. The highest BCUT2D eigenvalue weighted by Gasteiger charge is 2.02. The van der Waals surface area contributed by atoms with Crippen LogP contribution in [0.25, 0.3) is 0 Å². The molecule has 1 aromatic rings. The minimum absolute atomic E-state index is 0.134. The number of aromatic nitrogens is 2. The van der Waals surface area contributed by atoms with E-state index < -0.39 is 0 Å². The highest BCUT2D eigenvalue weighted by molar-refractivity contribution is 6.28. The van der Waals surface area contributed by atoms with Crippen LogP contribution in [0.5, 0.6) is 5.88 Å². The average molecular weight is 198 g/mol. The summed E-state index contributed by atoms with van der Waals surface area (Å²) in [4.78, 5) is 7.60. The highest BCUT2D eigenvalue weighted by atomic mass is 35.5. The van der Waals surface area contributed by atoms with E-state index in [2.05, 4.69) is 21.8 Å². The van der Waals surface area contributed by atoms with Gasteiger partial charge in [0.2, 0.25) is 11.2 Å². The summed E-state index contributed by atoms with van der Waals surface area (Å²) in [5.74, 6) is 5.80. The molecule has 0 saturated carbocycles. The number of halogens is 1. The van der Waals surface area contributed by atoms with Crippen LogP contribution in [0.2, 0.25) is 5.28 Å². The van der Waals surface area contributed by atoms with E-state index in [1.165, 1.54) is 13.3 Å². The maximum Gasteiger partial charge on any atom is 0.233 e. The fourth-order valence-corrected chi connectivity index (χ4v) is 0.859. The van der Waals surface area contributed by atoms with Crippen LogP contribution < -0.4 is 10.5 Å². The molecular weight excluding hydrogens is 190 g/mol. The van der Waals surface area contributed by atoms with Gasteiger partial charge < -0.3 is 10.5 Å². The molecule has 0 amide bonds. The number of hydrogen-bond acceptors (Lipinski definition) is 4. The van der Waals surface area contributed by atoms with E-state index in [9.17, 15) is 0 Å². The van der Waals surface area contributed by atoms with Crippen LogP contribution in [-0.4, -0.2) is 23.6 Å². The van der Waals surface area contributed by atoms with Crippen molar-refractivity contribution in [3.63, 3.8) is 0 Å². The standard InChI is InChI=1S/C8H8ClN3O/c1-13-7-6(3-2-4-10)5-11-8(9)12-7/h5H,4,10H2,1H3. The van der Waals surface area contributed by atoms with Crippen molar-refractivity contribution in [2.45, 2.75) is 0 Å². The number of methoxy groups -OCH3 is 1. The van der Waals surface area contributed by atoms with Crippen molar-refractivity contribution >= 4 is 11.6 Å². The second-order valence-corrected chi connectivity index (χ2v) is 2.41. The highest BCUT2D eigenvalue weighted by Crippen LogP contribution is 2.14. The molecule has 13 heavy (non-hydrogen) atoms. The van der Waals surface area contributed by atoms with E-state index in [1.54, 1.807) is 0 Å². The lowest BCUT2D eigenvalue weighted by Gasteiger charge is -2.00. The lowest BCUT2D eigenvalue weighted by Crippen LogP contribution is -1.96. The second kappa shape index (κ2) is 4.65. The largest absolute Gasteiger partial charge is 0.480 e. The summed E-state index contributed by atoms with van der Waals surface area (Å²) in [6, 6.07) is 0. The first-order chi connectivity index (χ1) is 6.27. The van der Waals surface area contributed by atoms with Crippen LogP contribution in [-0.2, 0) is 0 Å². The summed E-state index contributed by atoms with van der Waals surface area (Å²) in [5.41, 5.74) is 5.80. The van der Waals surface area contributed by atoms with Crippen molar-refractivity contribution < 1.29 is 4.74 Å². The molecule has 0 saturated heterocycles. The van der Waals surface area contributed by atoms with Gasteiger partial charge in [-0.15, -0.1) is 0 Å². The molecule has 1 heterocycles. The van der Waals surface area contributed by atoms with Gasteiger partial charge in [-0.25, -0.2) is 4.98 Å². The molecule has 0 aromatic carbocycles. The number of hydrogen-bond donors (Lipinski definition) is 1. The zero-order chi connectivity index (χ0) is 9.68. The summed E-state index contributed by atoms with van der Waals surface area (Å²) >= 11 is 5.55. The molecule has 0 fully saturated rings. The van der Waals surface area contributed by atoms with Crippen LogP contribution in [0.4, 0.5) is 0 Å². The first-order valence-corrected chi connectivity index (χ1v) is 3.91. The SMILES string of the molecule is COc1nc(Cl)ncc1C#CCN. The Morgan fingerprint density at radius 3 is 3.08 bits per heavy atom. The molecule has 1 aromatic heterocycles. The van der Waals surface area contributed by atoms with E-state index in [-0.39, 0.29) is 11.8 Å². The normalized spacial score (nSPS) is 8.85. The predicted molar refractivity (Wildman–Crippen MR) is 49.5 cm³/mol. The zero-order valence-corrected chi connectivity index (χ0v) is 7.80. The molecular formula is C8H8ClN3O. The third-order valence-electron chi connectivity index (χ3n) is 1.24. The number of rotatable bonds is 1. The Labute approximate surface area is 81.1 Å². The van der Waals surface area contributed by atoms with E-state index in [0.717, 1.165) is 0 Å². The smallest absolute Gasteiger partial charge is 0.233 e. The molecule has 0 unspecified atom stereocenters. The predicted octanol–water partition coefficient (Wildman–Crippen LogP) is 0.449. The van der Waals surface area contributed by atoms with Gasteiger partial charge in [-0.3, -0.25) is 0 Å². The van der Waals surface area contributed by atoms with Gasteiger partial charge >= 0.3 is 0 Å². The fraction of sp³-hybridized carbons (Fsp3) is 0.250. The van der Waals surface area contributed by atoms with Gasteiger partial charge in [-0.2, -0.15) is 4.98 Å². The van der Waals surface area contributed by atoms with Crippen molar-refractivity contribution in [2.75, 3.05) is 13.7 Å². The minimum Gasteiger partial charge on any atom is -0.480 e. The lowest BCUT2D eigenvalue weighted by atomic mass is 10.3. The fourth-order valence-electron chi connectivity index (χ4n) is 0.734. The van der Waals surface area contributed by atoms with E-state index >= 15 is 0 Å². The van der Waals surface area contributed by atoms with Crippen molar-refractivity contribution in [3.05, 3.63) is 17.0 Å². The van der Waals surface area contributed by atoms with Crippen LogP contribution in [0.3, 0.4) is 0 Å². The second-order valence-electron chi connectivity index (χ2n) is 2.07. The summed E-state index contributed by atoms with van der Waals surface area (Å²) in [6.07, 6.45) is 1.50. The molecule has 1 rings (SSSR count). The van der Waals surface area contributed by atoms with Gasteiger partial charge in [0.15, 0.2) is 0 Å². The summed E-state index contributed by atoms with van der Waals surface area (Å²) in [5, 5.41) is 0.134. The molecule has 0 aliphatic heterocycles. The quantitative estimate of drug-likeness (QED) is 0.525. The van der Waals surface area contributed by atoms with Gasteiger partial charge in [0.1, 0.15) is 5.56 Å². The summed E-state index contributed by atoms with van der Waals surface area (Å²) < 4.78 is 4.94. The Bertz CT molecular complexity index is 356. The molecule has 0 radical (unpaired) electrons. The minimum atomic E-state index is 0.134. The maximum atomic E-state index is 5.55. The molecule has 4 nitrogen and oxygen atoms in total. The van der Waals surface area contributed by atoms with Crippen LogP contribution >= 0.6 is 11.6 Å². The zero-order valence-electron chi connectivity index (χ0n) is 7.04. The van der Waals surface area contributed by atoms with E-state index in [1.807, 2.05) is 0 Å². The maximum absolute atomic E-state index is 5.55. The van der Waals surface area contributed by atoms with Crippen LogP contribution in [0, 0.1) is 11.8 Å². The first kappa shape index (κ1) is 9.78. The number of nitrogens with zero attached hydrogens (tertiary/aromatic N) is 2. The molecule has 68 valence electrons. The molecule has 0 aliphatic rings. The molecule has 0 aliphatic carbocycles. The van der Waals surface area contributed by atoms with Gasteiger partial charge in [0.25, 0.3) is 0 Å². The van der Waals surface area contributed by atoms with E-state index in [0.29, 0.717) is 11.4 Å². The third-order valence-corrected chi connectivity index (χ3v) is 1.42. The average Bonchev–Trinajstić information content (AvgIpc) is 2.16. The lowest BCUT2D eigenvalue weighted by molar-refractivity contribution is 0.395. The molecule has 0 atom stereocenters. The summed E-state index contributed by atoms with van der Waals surface area (Å²) in [6.45, 7) is 0.284. The van der Waals surface area contributed by atoms with Crippen molar-refractivity contribution in [1.29, 1.82) is 0 Å². The number of ether oxygens (including phenoxy) is 1. The Kier molecular flexibility index (Phi) is 3.50. The van der Waals surface area contributed by atoms with Gasteiger partial charge in [-0.1, -0.05) is 11.8 Å². The Balaban J connectivity index is 3.06. The van der Waals surface area contributed by atoms with Crippen LogP contribution in [0.15, 0.2) is 6.20 Å². The van der Waals surface area contributed by atoms with Crippen LogP contribution in [0.1, 0.15) is 5.56 Å². The number of nitrogens with two attached hydrogens (primary N) is 1. The molecule has 5 heteroatoms. The van der Waals surface area contributed by atoms with Gasteiger partial charge in [-0.05, 0) is 11.6 Å². The van der Waals surface area contributed by atoms with Gasteiger partial charge in [0.05, 0.1) is 19.9 Å². The Hall–Kier alpha value is -1.31. The Morgan fingerprint density at radius 1 is 1.69 bits per heavy atom. The van der Waals surface area contributed by atoms with Crippen molar-refractivity contribution in [2.24, 2.45) is 5.73 Å². The first-order valence-electron chi connectivity index (χ1n) is 3.53. The third kappa shape index (κ3) is 2.58. The van der Waals surface area contributed by atoms with Crippen molar-refractivity contribution in [1.82, 2.24) is 9.97 Å². The Morgan fingerprint density at radius 2 is 2.46 bits per heavy atom. The molecule has 0 spiro atoms. The monoisotopic (exact) mass is 197 g/mol. The molecule has 0 bridgehead atoms.